The van der Waals surface area contributed by atoms with Crippen molar-refractivity contribution >= 4 is 11.8 Å². The number of carbonyl (C=O) groups is 2. The van der Waals surface area contributed by atoms with Crippen LogP contribution in [0.15, 0.2) is 0 Å². The lowest BCUT2D eigenvalue weighted by Crippen LogP contribution is -2.53. The first kappa shape index (κ1) is 22.0. The highest BCUT2D eigenvalue weighted by molar-refractivity contribution is 5.82. The zero-order valence-corrected chi connectivity index (χ0v) is 18.6. The molecule has 7 heteroatoms. The monoisotopic (exact) mass is 419 g/mol. The standard InChI is InChI=1S/C23H41N5O2/c1-15-4-2-5-16-12-20(27-22(15)16)23(30)26-18-6-3-7-19(13-18)28-10-8-17(9-11-28)25-21(29)14-24/h15-20,22,27H,2-14,24H2,1H3,(H,25,29)(H,26,30). The van der Waals surface area contributed by atoms with Crippen LogP contribution in [0.25, 0.3) is 0 Å². The van der Waals surface area contributed by atoms with Crippen molar-refractivity contribution in [1.82, 2.24) is 20.9 Å². The Morgan fingerprint density at radius 1 is 0.967 bits per heavy atom. The van der Waals surface area contributed by atoms with Gasteiger partial charge in [-0.05, 0) is 69.6 Å². The Hall–Kier alpha value is -1.18. The van der Waals surface area contributed by atoms with Gasteiger partial charge < -0.3 is 26.6 Å². The molecule has 7 nitrogen and oxygen atoms in total. The highest BCUT2D eigenvalue weighted by Gasteiger charge is 2.42. The SMILES string of the molecule is CC1CCCC2CC(C(=O)NC3CCCC(N4CCC(NC(=O)CN)CC4)C3)NC12. The van der Waals surface area contributed by atoms with Crippen molar-refractivity contribution in [2.24, 2.45) is 17.6 Å². The van der Waals surface area contributed by atoms with Crippen LogP contribution in [-0.4, -0.2) is 66.6 Å². The van der Waals surface area contributed by atoms with Crippen LogP contribution >= 0.6 is 0 Å². The first-order valence-corrected chi connectivity index (χ1v) is 12.3. The summed E-state index contributed by atoms with van der Waals surface area (Å²) in [4.78, 5) is 27.1. The van der Waals surface area contributed by atoms with Crippen molar-refractivity contribution in [2.75, 3.05) is 19.6 Å². The quantitative estimate of drug-likeness (QED) is 0.535. The minimum Gasteiger partial charge on any atom is -0.352 e. The number of piperidine rings is 1. The maximum atomic E-state index is 13.0. The Balaban J connectivity index is 1.23. The van der Waals surface area contributed by atoms with Crippen molar-refractivity contribution in [3.05, 3.63) is 0 Å². The number of hydrogen-bond acceptors (Lipinski definition) is 5. The third-order valence-electron chi connectivity index (χ3n) is 8.19. The molecule has 2 heterocycles. The molecule has 6 unspecified atom stereocenters. The second kappa shape index (κ2) is 9.96. The van der Waals surface area contributed by atoms with Crippen molar-refractivity contribution in [3.8, 4) is 0 Å². The molecular formula is C23H41N5O2. The Labute approximate surface area is 181 Å². The molecule has 4 fully saturated rings. The van der Waals surface area contributed by atoms with Crippen LogP contribution in [0.1, 0.15) is 71.1 Å². The Morgan fingerprint density at radius 3 is 2.47 bits per heavy atom. The first-order chi connectivity index (χ1) is 14.5. The summed E-state index contributed by atoms with van der Waals surface area (Å²) in [7, 11) is 0. The summed E-state index contributed by atoms with van der Waals surface area (Å²) in [6, 6.07) is 1.65. The third kappa shape index (κ3) is 5.17. The molecule has 0 aromatic heterocycles. The van der Waals surface area contributed by atoms with Gasteiger partial charge in [-0.3, -0.25) is 9.59 Å². The Morgan fingerprint density at radius 2 is 1.73 bits per heavy atom. The summed E-state index contributed by atoms with van der Waals surface area (Å²) < 4.78 is 0. The molecule has 0 bridgehead atoms. The molecule has 2 aliphatic heterocycles. The summed E-state index contributed by atoms with van der Waals surface area (Å²) in [5, 5.41) is 10.1. The number of nitrogens with two attached hydrogens (primary N) is 1. The molecule has 0 aromatic rings. The van der Waals surface area contributed by atoms with Gasteiger partial charge in [-0.1, -0.05) is 13.3 Å². The molecular weight excluding hydrogens is 378 g/mol. The molecule has 6 atom stereocenters. The minimum atomic E-state index is -0.0522. The summed E-state index contributed by atoms with van der Waals surface area (Å²) in [6.45, 7) is 4.44. The van der Waals surface area contributed by atoms with Crippen LogP contribution in [0.4, 0.5) is 0 Å². The van der Waals surface area contributed by atoms with E-state index in [-0.39, 0.29) is 30.4 Å². The van der Waals surface area contributed by atoms with E-state index >= 15 is 0 Å². The highest BCUT2D eigenvalue weighted by atomic mass is 16.2. The van der Waals surface area contributed by atoms with E-state index in [0.717, 1.165) is 45.2 Å². The molecule has 2 saturated carbocycles. The maximum Gasteiger partial charge on any atom is 0.237 e. The lowest BCUT2D eigenvalue weighted by atomic mass is 9.78. The number of hydrogen-bond donors (Lipinski definition) is 4. The molecule has 4 rings (SSSR count). The minimum absolute atomic E-state index is 0.00262. The summed E-state index contributed by atoms with van der Waals surface area (Å²) in [5.74, 6) is 1.55. The van der Waals surface area contributed by atoms with E-state index in [0.29, 0.717) is 30.0 Å². The lowest BCUT2D eigenvalue weighted by Gasteiger charge is -2.41. The summed E-state index contributed by atoms with van der Waals surface area (Å²) >= 11 is 0. The largest absolute Gasteiger partial charge is 0.352 e. The van der Waals surface area contributed by atoms with Gasteiger partial charge in [0, 0.05) is 37.3 Å². The molecule has 0 aromatic carbocycles. The van der Waals surface area contributed by atoms with Crippen molar-refractivity contribution in [2.45, 2.75) is 101 Å². The highest BCUT2D eigenvalue weighted by Crippen LogP contribution is 2.37. The van der Waals surface area contributed by atoms with Crippen molar-refractivity contribution < 1.29 is 9.59 Å². The van der Waals surface area contributed by atoms with Gasteiger partial charge in [0.1, 0.15) is 0 Å². The van der Waals surface area contributed by atoms with E-state index in [9.17, 15) is 9.59 Å². The molecule has 30 heavy (non-hydrogen) atoms. The van der Waals surface area contributed by atoms with Gasteiger partial charge in [-0.25, -0.2) is 0 Å². The van der Waals surface area contributed by atoms with E-state index in [1.807, 2.05) is 0 Å². The Kier molecular flexibility index (Phi) is 7.32. The number of nitrogens with one attached hydrogen (secondary N) is 3. The van der Waals surface area contributed by atoms with Gasteiger partial charge in [0.25, 0.3) is 0 Å². The molecule has 170 valence electrons. The Bertz CT molecular complexity index is 606. The summed E-state index contributed by atoms with van der Waals surface area (Å²) in [6.07, 6.45) is 11.4. The van der Waals surface area contributed by atoms with Gasteiger partial charge in [-0.15, -0.1) is 0 Å². The zero-order valence-electron chi connectivity index (χ0n) is 18.6. The van der Waals surface area contributed by atoms with E-state index in [4.69, 9.17) is 5.73 Å². The van der Waals surface area contributed by atoms with Crippen LogP contribution in [0.5, 0.6) is 0 Å². The number of likely N-dealkylation sites (tertiary alicyclic amines) is 1. The fraction of sp³-hybridized carbons (Fsp3) is 0.913. The van der Waals surface area contributed by atoms with Gasteiger partial charge in [0.2, 0.25) is 11.8 Å². The number of carbonyl (C=O) groups excluding carboxylic acids is 2. The summed E-state index contributed by atoms with van der Waals surface area (Å²) in [5.41, 5.74) is 5.41. The second-order valence-corrected chi connectivity index (χ2v) is 10.3. The van der Waals surface area contributed by atoms with Gasteiger partial charge >= 0.3 is 0 Å². The molecule has 2 saturated heterocycles. The van der Waals surface area contributed by atoms with Crippen LogP contribution < -0.4 is 21.7 Å². The van der Waals surface area contributed by atoms with Crippen molar-refractivity contribution in [3.63, 3.8) is 0 Å². The second-order valence-electron chi connectivity index (χ2n) is 10.3. The fourth-order valence-corrected chi connectivity index (χ4v) is 6.50. The topological polar surface area (TPSA) is 99.5 Å². The number of rotatable bonds is 5. The van der Waals surface area contributed by atoms with Crippen LogP contribution in [0.3, 0.4) is 0 Å². The van der Waals surface area contributed by atoms with E-state index < -0.39 is 0 Å². The van der Waals surface area contributed by atoms with Gasteiger partial charge in [-0.2, -0.15) is 0 Å². The molecule has 5 N–H and O–H groups in total. The third-order valence-corrected chi connectivity index (χ3v) is 8.19. The predicted octanol–water partition coefficient (Wildman–Crippen LogP) is 1.12. The van der Waals surface area contributed by atoms with Gasteiger partial charge in [0.15, 0.2) is 0 Å². The average molecular weight is 420 g/mol. The number of nitrogens with zero attached hydrogens (tertiary/aromatic N) is 1. The molecule has 0 radical (unpaired) electrons. The first-order valence-electron chi connectivity index (χ1n) is 12.3. The predicted molar refractivity (Wildman–Crippen MR) is 118 cm³/mol. The smallest absolute Gasteiger partial charge is 0.237 e. The normalized spacial score (nSPS) is 38.1. The molecule has 2 amide bonds. The fourth-order valence-electron chi connectivity index (χ4n) is 6.50. The lowest BCUT2D eigenvalue weighted by molar-refractivity contribution is -0.124. The zero-order chi connectivity index (χ0) is 21.1. The van der Waals surface area contributed by atoms with Gasteiger partial charge in [0.05, 0.1) is 12.6 Å². The van der Waals surface area contributed by atoms with E-state index in [1.165, 1.54) is 32.1 Å². The van der Waals surface area contributed by atoms with Crippen LogP contribution in [0, 0.1) is 11.8 Å². The number of amides is 2. The average Bonchev–Trinajstić information content (AvgIpc) is 3.20. The molecule has 4 aliphatic rings. The number of fused-ring (bicyclic) bond motifs is 1. The van der Waals surface area contributed by atoms with Crippen LogP contribution in [0.2, 0.25) is 0 Å². The molecule has 2 aliphatic carbocycles. The maximum absolute atomic E-state index is 13.0. The van der Waals surface area contributed by atoms with Crippen LogP contribution in [-0.2, 0) is 9.59 Å². The molecule has 0 spiro atoms. The van der Waals surface area contributed by atoms with Crippen molar-refractivity contribution in [1.29, 1.82) is 0 Å². The van der Waals surface area contributed by atoms with E-state index in [2.05, 4.69) is 27.8 Å². The van der Waals surface area contributed by atoms with E-state index in [1.54, 1.807) is 0 Å².